The maximum atomic E-state index is 12.7. The van der Waals surface area contributed by atoms with Gasteiger partial charge in [-0.05, 0) is 61.0 Å². The van der Waals surface area contributed by atoms with Gasteiger partial charge in [0.2, 0.25) is 0 Å². The molecule has 172 valence electrons. The third kappa shape index (κ3) is 6.61. The second-order valence-corrected chi connectivity index (χ2v) is 7.74. The topological polar surface area (TPSA) is 101 Å². The lowest BCUT2D eigenvalue weighted by molar-refractivity contribution is -0.117. The fraction of sp³-hybridized carbons (Fsp3) is 0.167. The second-order valence-electron chi connectivity index (χ2n) is 6.90. The number of aliphatic hydroxyl groups excluding tert-OH is 1. The van der Waals surface area contributed by atoms with E-state index in [1.54, 1.807) is 54.6 Å². The number of methoxy groups -OCH3 is 1. The van der Waals surface area contributed by atoms with Gasteiger partial charge < -0.3 is 24.9 Å². The molecule has 0 aliphatic rings. The van der Waals surface area contributed by atoms with Gasteiger partial charge in [0.05, 0.1) is 12.1 Å². The first-order chi connectivity index (χ1) is 15.9. The molecule has 0 bridgehead atoms. The van der Waals surface area contributed by atoms with Crippen LogP contribution < -0.4 is 15.4 Å². The molecule has 0 radical (unpaired) electrons. The van der Waals surface area contributed by atoms with E-state index < -0.39 is 11.8 Å². The lowest BCUT2D eigenvalue weighted by atomic mass is 10.2. The highest BCUT2D eigenvalue weighted by Gasteiger charge is 2.16. The van der Waals surface area contributed by atoms with E-state index >= 15 is 0 Å². The van der Waals surface area contributed by atoms with Crippen LogP contribution in [-0.4, -0.2) is 37.2 Å². The number of hydrogen-bond acceptors (Lipinski definition) is 5. The first-order valence-electron chi connectivity index (χ1n) is 10.0. The summed E-state index contributed by atoms with van der Waals surface area (Å²) in [6.45, 7) is 0.173. The van der Waals surface area contributed by atoms with Gasteiger partial charge >= 0.3 is 0 Å². The van der Waals surface area contributed by atoms with E-state index in [9.17, 15) is 9.59 Å². The van der Waals surface area contributed by atoms with E-state index in [1.807, 2.05) is 0 Å². The van der Waals surface area contributed by atoms with Gasteiger partial charge in [-0.15, -0.1) is 0 Å². The minimum atomic E-state index is -0.524. The third-order valence-electron chi connectivity index (χ3n) is 4.57. The molecule has 3 aromatic rings. The molecule has 2 aromatic carbocycles. The van der Waals surface area contributed by atoms with E-state index in [4.69, 9.17) is 37.5 Å². The Balaban J connectivity index is 1.87. The number of amides is 2. The molecule has 1 heterocycles. The van der Waals surface area contributed by atoms with E-state index in [-0.39, 0.29) is 18.8 Å². The number of ether oxygens (including phenoxy) is 1. The predicted molar refractivity (Wildman–Crippen MR) is 127 cm³/mol. The summed E-state index contributed by atoms with van der Waals surface area (Å²) in [5.41, 5.74) is 0.919. The molecule has 3 N–H and O–H groups in total. The van der Waals surface area contributed by atoms with Crippen molar-refractivity contribution in [3.63, 3.8) is 0 Å². The fourth-order valence-electron chi connectivity index (χ4n) is 2.88. The van der Waals surface area contributed by atoms with Crippen molar-refractivity contribution in [2.45, 2.75) is 6.42 Å². The van der Waals surface area contributed by atoms with Crippen LogP contribution in [-0.2, 0) is 4.79 Å². The number of hydrogen-bond donors (Lipinski definition) is 3. The van der Waals surface area contributed by atoms with Crippen LogP contribution in [0.25, 0.3) is 17.4 Å². The zero-order valence-corrected chi connectivity index (χ0v) is 19.2. The van der Waals surface area contributed by atoms with Gasteiger partial charge in [0.1, 0.15) is 23.0 Å². The number of halogens is 2. The number of aliphatic hydroxyl groups is 1. The van der Waals surface area contributed by atoms with Crippen LogP contribution in [0.3, 0.4) is 0 Å². The molecular formula is C24H22Cl2N2O5. The number of carbonyl (C=O) groups is 2. The molecule has 0 fully saturated rings. The van der Waals surface area contributed by atoms with Gasteiger partial charge in [0.15, 0.2) is 0 Å². The summed E-state index contributed by atoms with van der Waals surface area (Å²) in [6.07, 6.45) is 1.79. The predicted octanol–water partition coefficient (Wildman–Crippen LogP) is 4.53. The van der Waals surface area contributed by atoms with Crippen molar-refractivity contribution in [1.29, 1.82) is 0 Å². The number of nitrogens with one attached hydrogen (secondary N) is 2. The molecule has 0 aliphatic heterocycles. The minimum Gasteiger partial charge on any atom is -0.497 e. The lowest BCUT2D eigenvalue weighted by Crippen LogP contribution is -2.35. The molecular weight excluding hydrogens is 467 g/mol. The van der Waals surface area contributed by atoms with Crippen LogP contribution in [0.1, 0.15) is 22.5 Å². The van der Waals surface area contributed by atoms with Crippen molar-refractivity contribution < 1.29 is 23.8 Å². The van der Waals surface area contributed by atoms with Gasteiger partial charge in [0, 0.05) is 35.4 Å². The van der Waals surface area contributed by atoms with E-state index in [1.165, 1.54) is 13.2 Å². The van der Waals surface area contributed by atoms with Crippen molar-refractivity contribution in [2.75, 3.05) is 20.3 Å². The third-order valence-corrected chi connectivity index (χ3v) is 5.14. The minimum absolute atomic E-state index is 0.0214. The highest BCUT2D eigenvalue weighted by molar-refractivity contribution is 6.35. The first kappa shape index (κ1) is 24.4. The summed E-state index contributed by atoms with van der Waals surface area (Å²) >= 11 is 12.3. The Morgan fingerprint density at radius 1 is 1.09 bits per heavy atom. The summed E-state index contributed by atoms with van der Waals surface area (Å²) in [5, 5.41) is 15.2. The van der Waals surface area contributed by atoms with Crippen molar-refractivity contribution in [1.82, 2.24) is 10.6 Å². The zero-order chi connectivity index (χ0) is 23.8. The summed E-state index contributed by atoms with van der Waals surface area (Å²) in [5.74, 6) is 0.375. The van der Waals surface area contributed by atoms with Gasteiger partial charge in [-0.25, -0.2) is 0 Å². The Hall–Kier alpha value is -3.26. The van der Waals surface area contributed by atoms with Gasteiger partial charge in [0.25, 0.3) is 11.8 Å². The van der Waals surface area contributed by atoms with Crippen LogP contribution in [0.2, 0.25) is 10.0 Å². The molecule has 3 rings (SSSR count). The molecule has 0 unspecified atom stereocenters. The van der Waals surface area contributed by atoms with Crippen molar-refractivity contribution in [3.05, 3.63) is 81.7 Å². The fourth-order valence-corrected chi connectivity index (χ4v) is 3.26. The summed E-state index contributed by atoms with van der Waals surface area (Å²) < 4.78 is 10.9. The Kier molecular flexibility index (Phi) is 8.54. The summed E-state index contributed by atoms with van der Waals surface area (Å²) in [7, 11) is 1.53. The second kappa shape index (κ2) is 11.6. The quantitative estimate of drug-likeness (QED) is 0.303. The Bertz CT molecular complexity index is 1160. The molecule has 0 aliphatic carbocycles. The first-order valence-corrected chi connectivity index (χ1v) is 10.8. The SMILES string of the molecule is COc1ccc(C(=O)N/C(=C/c2ccc(-c3cc(Cl)ccc3Cl)o2)C(=O)NCCCO)cc1. The average Bonchev–Trinajstić information content (AvgIpc) is 3.28. The van der Waals surface area contributed by atoms with E-state index in [0.29, 0.717) is 44.9 Å². The highest BCUT2D eigenvalue weighted by atomic mass is 35.5. The molecule has 0 atom stereocenters. The smallest absolute Gasteiger partial charge is 0.267 e. The van der Waals surface area contributed by atoms with Crippen molar-refractivity contribution in [2.24, 2.45) is 0 Å². The Labute approximate surface area is 201 Å². The molecule has 0 saturated carbocycles. The molecule has 1 aromatic heterocycles. The Morgan fingerprint density at radius 2 is 1.85 bits per heavy atom. The van der Waals surface area contributed by atoms with Crippen LogP contribution in [0.5, 0.6) is 5.75 Å². The van der Waals surface area contributed by atoms with E-state index in [2.05, 4.69) is 10.6 Å². The summed E-state index contributed by atoms with van der Waals surface area (Å²) in [6, 6.07) is 14.8. The number of benzene rings is 2. The monoisotopic (exact) mass is 488 g/mol. The highest BCUT2D eigenvalue weighted by Crippen LogP contribution is 2.32. The molecule has 0 saturated heterocycles. The van der Waals surface area contributed by atoms with Crippen molar-refractivity contribution >= 4 is 41.1 Å². The number of furan rings is 1. The van der Waals surface area contributed by atoms with Crippen LogP contribution in [0.15, 0.2) is 64.7 Å². The van der Waals surface area contributed by atoms with Crippen LogP contribution in [0.4, 0.5) is 0 Å². The molecule has 0 spiro atoms. The summed E-state index contributed by atoms with van der Waals surface area (Å²) in [4.78, 5) is 25.4. The standard InChI is InChI=1S/C24H22Cl2N2O5/c1-32-17-6-3-15(4-7-17)23(30)28-21(24(31)27-11-2-12-29)14-18-8-10-22(33-18)19-13-16(25)5-9-20(19)26/h3-10,13-14,29H,2,11-12H2,1H3,(H,27,31)(H,28,30)/b21-14+. The number of rotatable bonds is 9. The van der Waals surface area contributed by atoms with Crippen LogP contribution >= 0.6 is 23.2 Å². The Morgan fingerprint density at radius 3 is 2.55 bits per heavy atom. The van der Waals surface area contributed by atoms with E-state index in [0.717, 1.165) is 0 Å². The number of carbonyl (C=O) groups excluding carboxylic acids is 2. The van der Waals surface area contributed by atoms with Crippen molar-refractivity contribution in [3.8, 4) is 17.1 Å². The molecule has 2 amide bonds. The lowest BCUT2D eigenvalue weighted by Gasteiger charge is -2.11. The zero-order valence-electron chi connectivity index (χ0n) is 17.7. The average molecular weight is 489 g/mol. The van der Waals surface area contributed by atoms with Gasteiger partial charge in [-0.3, -0.25) is 9.59 Å². The van der Waals surface area contributed by atoms with Gasteiger partial charge in [-0.1, -0.05) is 23.2 Å². The maximum absolute atomic E-state index is 12.7. The molecule has 9 heteroatoms. The molecule has 33 heavy (non-hydrogen) atoms. The van der Waals surface area contributed by atoms with Crippen LogP contribution in [0, 0.1) is 0 Å². The maximum Gasteiger partial charge on any atom is 0.267 e. The van der Waals surface area contributed by atoms with Gasteiger partial charge in [-0.2, -0.15) is 0 Å². The largest absolute Gasteiger partial charge is 0.497 e. The molecule has 7 nitrogen and oxygen atoms in total. The normalized spacial score (nSPS) is 11.2.